The number of rotatable bonds is 7. The van der Waals surface area contributed by atoms with E-state index in [1.165, 1.54) is 48.8 Å². The van der Waals surface area contributed by atoms with Crippen LogP contribution in [0.5, 0.6) is 0 Å². The molecule has 1 aliphatic heterocycles. The molecule has 164 valence electrons. The third-order valence-electron chi connectivity index (χ3n) is 6.07. The fourth-order valence-corrected chi connectivity index (χ4v) is 7.48. The predicted octanol–water partition coefficient (Wildman–Crippen LogP) is 4.25. The topological polar surface area (TPSA) is 75.2 Å². The Morgan fingerprint density at radius 2 is 1.93 bits per heavy atom. The fourth-order valence-electron chi connectivity index (χ4n) is 4.49. The molecule has 2 fully saturated rings. The molecule has 0 aromatic carbocycles. The van der Waals surface area contributed by atoms with E-state index >= 15 is 0 Å². The van der Waals surface area contributed by atoms with Crippen molar-refractivity contribution < 1.29 is 8.42 Å². The zero-order valence-electron chi connectivity index (χ0n) is 17.4. The highest BCUT2D eigenvalue weighted by Crippen LogP contribution is 2.32. The Balaban J connectivity index is 1.46. The van der Waals surface area contributed by atoms with Crippen LogP contribution in [-0.2, 0) is 10.0 Å². The molecular formula is C21H30N4O2S3. The smallest absolute Gasteiger partial charge is 0.250 e. The number of nitrogens with one attached hydrogen (secondary N) is 1. The molecule has 3 heterocycles. The van der Waals surface area contributed by atoms with Crippen LogP contribution in [0.4, 0.5) is 0 Å². The third-order valence-corrected chi connectivity index (χ3v) is 9.72. The van der Waals surface area contributed by atoms with E-state index < -0.39 is 10.0 Å². The van der Waals surface area contributed by atoms with Crippen molar-refractivity contribution in [2.75, 3.05) is 25.9 Å². The van der Waals surface area contributed by atoms with E-state index in [0.717, 1.165) is 49.5 Å². The average Bonchev–Trinajstić information content (AvgIpc) is 3.27. The van der Waals surface area contributed by atoms with E-state index in [1.807, 2.05) is 18.4 Å². The van der Waals surface area contributed by atoms with Crippen molar-refractivity contribution in [1.29, 1.82) is 0 Å². The number of nitrogens with zero attached hydrogens (tertiary/aromatic N) is 3. The minimum Gasteiger partial charge on any atom is -0.303 e. The van der Waals surface area contributed by atoms with Crippen molar-refractivity contribution in [3.63, 3.8) is 0 Å². The highest BCUT2D eigenvalue weighted by molar-refractivity contribution is 7.98. The van der Waals surface area contributed by atoms with Gasteiger partial charge in [-0.05, 0) is 69.1 Å². The maximum Gasteiger partial charge on any atom is 0.250 e. The second kappa shape index (κ2) is 10.1. The first kappa shape index (κ1) is 22.2. The van der Waals surface area contributed by atoms with Crippen molar-refractivity contribution in [2.24, 2.45) is 5.92 Å². The van der Waals surface area contributed by atoms with Crippen LogP contribution in [-0.4, -0.2) is 55.2 Å². The third kappa shape index (κ3) is 5.43. The molecule has 0 radical (unpaired) electrons. The first-order valence-electron chi connectivity index (χ1n) is 10.8. The summed E-state index contributed by atoms with van der Waals surface area (Å²) >= 11 is 2.75. The molecule has 2 aliphatic rings. The molecule has 0 bridgehead atoms. The Labute approximate surface area is 187 Å². The lowest BCUT2D eigenvalue weighted by Crippen LogP contribution is -2.47. The molecular weight excluding hydrogens is 436 g/mol. The molecule has 9 heteroatoms. The molecule has 1 saturated carbocycles. The van der Waals surface area contributed by atoms with Crippen molar-refractivity contribution in [2.45, 2.75) is 60.4 Å². The predicted molar refractivity (Wildman–Crippen MR) is 123 cm³/mol. The molecule has 2 atom stereocenters. The quantitative estimate of drug-likeness (QED) is 0.486. The van der Waals surface area contributed by atoms with Crippen LogP contribution < -0.4 is 4.72 Å². The molecule has 1 N–H and O–H groups in total. The van der Waals surface area contributed by atoms with Gasteiger partial charge in [0.1, 0.15) is 4.21 Å². The summed E-state index contributed by atoms with van der Waals surface area (Å²) in [5.41, 5.74) is 0.765. The van der Waals surface area contributed by atoms with Crippen LogP contribution in [0.2, 0.25) is 0 Å². The average molecular weight is 467 g/mol. The number of sulfonamides is 1. The Morgan fingerprint density at radius 1 is 1.13 bits per heavy atom. The first-order chi connectivity index (χ1) is 14.5. The molecule has 1 saturated heterocycles. The molecule has 2 aromatic rings. The zero-order chi connectivity index (χ0) is 21.0. The number of thioether (sulfide) groups is 1. The first-order valence-corrected chi connectivity index (χ1v) is 14.3. The molecule has 0 unspecified atom stereocenters. The molecule has 4 rings (SSSR count). The van der Waals surface area contributed by atoms with Crippen LogP contribution in [0.1, 0.15) is 44.9 Å². The summed E-state index contributed by atoms with van der Waals surface area (Å²) < 4.78 is 29.7. The van der Waals surface area contributed by atoms with Gasteiger partial charge in [0.15, 0.2) is 5.16 Å². The highest BCUT2D eigenvalue weighted by Gasteiger charge is 2.31. The van der Waals surface area contributed by atoms with E-state index in [9.17, 15) is 8.42 Å². The second-order valence-electron chi connectivity index (χ2n) is 8.18. The summed E-state index contributed by atoms with van der Waals surface area (Å²) in [7, 11) is -3.54. The Bertz CT molecular complexity index is 941. The van der Waals surface area contributed by atoms with E-state index in [-0.39, 0.29) is 6.04 Å². The summed E-state index contributed by atoms with van der Waals surface area (Å²) in [4.78, 5) is 12.1. The van der Waals surface area contributed by atoms with Gasteiger partial charge in [-0.1, -0.05) is 31.0 Å². The summed E-state index contributed by atoms with van der Waals surface area (Å²) in [6.07, 6.45) is 11.8. The van der Waals surface area contributed by atoms with Gasteiger partial charge in [-0.3, -0.25) is 0 Å². The summed E-state index contributed by atoms with van der Waals surface area (Å²) in [5, 5.41) is 0.686. The number of hydrogen-bond donors (Lipinski definition) is 1. The second-order valence-corrected chi connectivity index (χ2v) is 12.0. The lowest BCUT2D eigenvalue weighted by molar-refractivity contribution is 0.156. The summed E-state index contributed by atoms with van der Waals surface area (Å²) in [5.74, 6) is 0.400. The van der Waals surface area contributed by atoms with Gasteiger partial charge in [0.2, 0.25) is 10.0 Å². The number of likely N-dealkylation sites (tertiary alicyclic amines) is 1. The maximum atomic E-state index is 13.2. The maximum absolute atomic E-state index is 13.2. The van der Waals surface area contributed by atoms with Gasteiger partial charge in [-0.25, -0.2) is 23.1 Å². The standard InChI is InChI=1S/C21H30N4O2S3/c1-28-21-22-12-11-18(23-21)19-9-10-20(29-19)30(26,27)24-17-8-4-3-7-16(17)15-25-13-5-2-6-14-25/h9-12,16-17,24H,2-8,13-15H2,1H3/t16-,17+/m0/s1. The van der Waals surface area contributed by atoms with Gasteiger partial charge in [-0.15, -0.1) is 11.3 Å². The lowest BCUT2D eigenvalue weighted by Gasteiger charge is -2.37. The van der Waals surface area contributed by atoms with Gasteiger partial charge < -0.3 is 4.90 Å². The number of hydrogen-bond acceptors (Lipinski definition) is 7. The minimum atomic E-state index is -3.54. The monoisotopic (exact) mass is 466 g/mol. The van der Waals surface area contributed by atoms with E-state index in [2.05, 4.69) is 19.6 Å². The van der Waals surface area contributed by atoms with Gasteiger partial charge >= 0.3 is 0 Å². The Kier molecular flexibility index (Phi) is 7.46. The Morgan fingerprint density at radius 3 is 2.73 bits per heavy atom. The van der Waals surface area contributed by atoms with Crippen molar-refractivity contribution in [1.82, 2.24) is 19.6 Å². The van der Waals surface area contributed by atoms with E-state index in [1.54, 1.807) is 12.3 Å². The Hall–Kier alpha value is -1.00. The largest absolute Gasteiger partial charge is 0.303 e. The molecule has 1 aliphatic carbocycles. The minimum absolute atomic E-state index is 0.0263. The van der Waals surface area contributed by atoms with Crippen LogP contribution in [0.25, 0.3) is 10.6 Å². The fraction of sp³-hybridized carbons (Fsp3) is 0.619. The van der Waals surface area contributed by atoms with Gasteiger partial charge in [0, 0.05) is 18.8 Å². The summed E-state index contributed by atoms with van der Waals surface area (Å²) in [6, 6.07) is 5.40. The molecule has 0 amide bonds. The molecule has 6 nitrogen and oxygen atoms in total. The van der Waals surface area contributed by atoms with Crippen LogP contribution in [0.15, 0.2) is 33.8 Å². The molecule has 0 spiro atoms. The lowest BCUT2D eigenvalue weighted by atomic mass is 9.84. The number of thiophene rings is 1. The highest BCUT2D eigenvalue weighted by atomic mass is 32.2. The van der Waals surface area contributed by atoms with Crippen LogP contribution >= 0.6 is 23.1 Å². The molecule has 2 aromatic heterocycles. The summed E-state index contributed by atoms with van der Waals surface area (Å²) in [6.45, 7) is 3.32. The van der Waals surface area contributed by atoms with Gasteiger partial charge in [0.25, 0.3) is 0 Å². The SMILES string of the molecule is CSc1nccc(-c2ccc(S(=O)(=O)N[C@@H]3CCCC[C@H]3CN3CCCCC3)s2)n1. The number of piperidine rings is 1. The van der Waals surface area contributed by atoms with E-state index in [0.29, 0.717) is 15.3 Å². The normalized spacial score (nSPS) is 23.5. The van der Waals surface area contributed by atoms with E-state index in [4.69, 9.17) is 0 Å². The zero-order valence-corrected chi connectivity index (χ0v) is 19.9. The van der Waals surface area contributed by atoms with Crippen LogP contribution in [0.3, 0.4) is 0 Å². The van der Waals surface area contributed by atoms with Crippen LogP contribution in [0, 0.1) is 5.92 Å². The van der Waals surface area contributed by atoms with Gasteiger partial charge in [-0.2, -0.15) is 0 Å². The molecule has 30 heavy (non-hydrogen) atoms. The number of aromatic nitrogens is 2. The van der Waals surface area contributed by atoms with Crippen molar-refractivity contribution >= 4 is 33.1 Å². The van der Waals surface area contributed by atoms with Gasteiger partial charge in [0.05, 0.1) is 10.6 Å². The van der Waals surface area contributed by atoms with Crippen molar-refractivity contribution in [3.05, 3.63) is 24.4 Å². The van der Waals surface area contributed by atoms with Crippen molar-refractivity contribution in [3.8, 4) is 10.6 Å².